The van der Waals surface area contributed by atoms with Gasteiger partial charge in [-0.25, -0.2) is 4.57 Å². The Balaban J connectivity index is 4.35. The second-order valence-electron chi connectivity index (χ2n) is 5.14. The van der Waals surface area contributed by atoms with Gasteiger partial charge in [-0.1, -0.05) is 33.1 Å². The minimum absolute atomic E-state index is 0.198. The number of unbranched alkanes of at least 4 members (excludes halogenated alkanes) is 3. The molecule has 0 aliphatic rings. The zero-order chi connectivity index (χ0) is 17.7. The third-order valence-electron chi connectivity index (χ3n) is 2.88. The summed E-state index contributed by atoms with van der Waals surface area (Å²) in [6.07, 6.45) is 3.42. The van der Waals surface area contributed by atoms with E-state index in [0.29, 0.717) is 12.8 Å². The van der Waals surface area contributed by atoms with Crippen LogP contribution in [0.3, 0.4) is 0 Å². The Kier molecular flexibility index (Phi) is 12.0. The van der Waals surface area contributed by atoms with Gasteiger partial charge in [-0.2, -0.15) is 0 Å². The fourth-order valence-electron chi connectivity index (χ4n) is 1.64. The summed E-state index contributed by atoms with van der Waals surface area (Å²) in [5.41, 5.74) is 0. The molecule has 8 nitrogen and oxygen atoms in total. The molecule has 0 spiro atoms. The number of esters is 2. The lowest BCUT2D eigenvalue weighted by Crippen LogP contribution is -2.29. The molecule has 0 rings (SSSR count). The molecule has 0 aromatic rings. The van der Waals surface area contributed by atoms with Gasteiger partial charge in [0.05, 0.1) is 6.61 Å². The summed E-state index contributed by atoms with van der Waals surface area (Å²) in [5, 5.41) is 0. The Bertz CT molecular complexity index is 392. The summed E-state index contributed by atoms with van der Waals surface area (Å²) < 4.78 is 25.1. The van der Waals surface area contributed by atoms with Crippen LogP contribution in [0, 0.1) is 0 Å². The minimum Gasteiger partial charge on any atom is -0.462 e. The van der Waals surface area contributed by atoms with Crippen molar-refractivity contribution in [3.63, 3.8) is 0 Å². The van der Waals surface area contributed by atoms with Crippen molar-refractivity contribution in [3.8, 4) is 0 Å². The van der Waals surface area contributed by atoms with Gasteiger partial charge in [0, 0.05) is 12.8 Å². The summed E-state index contributed by atoms with van der Waals surface area (Å²) in [7, 11) is -4.69. The number of hydrogen-bond acceptors (Lipinski definition) is 6. The van der Waals surface area contributed by atoms with E-state index >= 15 is 0 Å². The molecule has 0 aliphatic carbocycles. The van der Waals surface area contributed by atoms with Crippen molar-refractivity contribution in [1.29, 1.82) is 0 Å². The van der Waals surface area contributed by atoms with E-state index in [1.807, 2.05) is 13.8 Å². The summed E-state index contributed by atoms with van der Waals surface area (Å²) in [4.78, 5) is 40.5. The fraction of sp³-hybridized carbons (Fsp3) is 0.857. The van der Waals surface area contributed by atoms with Crippen LogP contribution < -0.4 is 0 Å². The second kappa shape index (κ2) is 12.5. The minimum atomic E-state index is -4.69. The Labute approximate surface area is 136 Å². The number of carbonyl (C=O) groups excluding carboxylic acids is 2. The highest BCUT2D eigenvalue weighted by molar-refractivity contribution is 7.46. The maximum absolute atomic E-state index is 11.7. The van der Waals surface area contributed by atoms with Gasteiger partial charge in [-0.3, -0.25) is 14.1 Å². The number of ether oxygens (including phenoxy) is 2. The average Bonchev–Trinajstić information content (AvgIpc) is 2.47. The van der Waals surface area contributed by atoms with Crippen molar-refractivity contribution in [2.75, 3.05) is 13.2 Å². The molecular formula is C14H27O8P. The van der Waals surface area contributed by atoms with Gasteiger partial charge in [0.2, 0.25) is 0 Å². The normalized spacial score (nSPS) is 12.7. The number of carbonyl (C=O) groups is 2. The monoisotopic (exact) mass is 354 g/mol. The van der Waals surface area contributed by atoms with Gasteiger partial charge in [0.15, 0.2) is 6.10 Å². The lowest BCUT2D eigenvalue weighted by Gasteiger charge is -2.18. The number of rotatable bonds is 13. The first-order chi connectivity index (χ1) is 10.8. The lowest BCUT2D eigenvalue weighted by atomic mass is 10.2. The van der Waals surface area contributed by atoms with Crippen LogP contribution in [0.15, 0.2) is 0 Å². The first kappa shape index (κ1) is 22.1. The number of phosphoric ester groups is 1. The van der Waals surface area contributed by atoms with Crippen LogP contribution in [0.4, 0.5) is 0 Å². The maximum atomic E-state index is 11.7. The molecule has 0 saturated carbocycles. The van der Waals surface area contributed by atoms with E-state index in [4.69, 9.17) is 19.3 Å². The molecule has 0 fully saturated rings. The number of hydrogen-bond donors (Lipinski definition) is 2. The highest BCUT2D eigenvalue weighted by Crippen LogP contribution is 2.35. The van der Waals surface area contributed by atoms with E-state index in [1.165, 1.54) is 0 Å². The van der Waals surface area contributed by atoms with Crippen LogP contribution in [-0.2, 0) is 28.2 Å². The van der Waals surface area contributed by atoms with E-state index in [0.717, 1.165) is 19.3 Å². The Morgan fingerprint density at radius 3 is 2.13 bits per heavy atom. The van der Waals surface area contributed by atoms with Crippen molar-refractivity contribution in [3.05, 3.63) is 0 Å². The molecule has 0 heterocycles. The smallest absolute Gasteiger partial charge is 0.462 e. The van der Waals surface area contributed by atoms with Crippen molar-refractivity contribution >= 4 is 19.8 Å². The Hall–Kier alpha value is -0.950. The van der Waals surface area contributed by atoms with Crippen LogP contribution >= 0.6 is 7.82 Å². The number of phosphoric acid groups is 1. The molecule has 0 saturated heterocycles. The maximum Gasteiger partial charge on any atom is 0.469 e. The predicted molar refractivity (Wildman–Crippen MR) is 82.5 cm³/mol. The highest BCUT2D eigenvalue weighted by Gasteiger charge is 2.22. The van der Waals surface area contributed by atoms with Gasteiger partial charge in [-0.05, 0) is 12.8 Å². The predicted octanol–water partition coefficient (Wildman–Crippen LogP) is 2.32. The molecule has 9 heteroatoms. The third-order valence-corrected chi connectivity index (χ3v) is 3.36. The topological polar surface area (TPSA) is 119 Å². The largest absolute Gasteiger partial charge is 0.469 e. The molecule has 0 amide bonds. The molecule has 0 bridgehead atoms. The van der Waals surface area contributed by atoms with Crippen molar-refractivity contribution in [2.45, 2.75) is 64.9 Å². The van der Waals surface area contributed by atoms with Crippen LogP contribution in [-0.4, -0.2) is 41.0 Å². The first-order valence-electron chi connectivity index (χ1n) is 7.83. The van der Waals surface area contributed by atoms with Gasteiger partial charge in [0.1, 0.15) is 6.61 Å². The quantitative estimate of drug-likeness (QED) is 0.294. The summed E-state index contributed by atoms with van der Waals surface area (Å²) in [6.45, 7) is 3.10. The molecule has 136 valence electrons. The molecule has 0 aromatic carbocycles. The van der Waals surface area contributed by atoms with E-state index in [9.17, 15) is 14.2 Å². The van der Waals surface area contributed by atoms with Crippen molar-refractivity contribution < 1.29 is 37.9 Å². The average molecular weight is 354 g/mol. The van der Waals surface area contributed by atoms with Crippen molar-refractivity contribution in [2.24, 2.45) is 0 Å². The van der Waals surface area contributed by atoms with E-state index < -0.39 is 32.5 Å². The van der Waals surface area contributed by atoms with Gasteiger partial charge in [0.25, 0.3) is 0 Å². The van der Waals surface area contributed by atoms with Crippen molar-refractivity contribution in [1.82, 2.24) is 0 Å². The molecule has 2 N–H and O–H groups in total. The molecule has 0 aliphatic heterocycles. The first-order valence-corrected chi connectivity index (χ1v) is 9.36. The highest BCUT2D eigenvalue weighted by atomic mass is 31.2. The zero-order valence-electron chi connectivity index (χ0n) is 13.7. The summed E-state index contributed by atoms with van der Waals surface area (Å²) in [6, 6.07) is 0. The van der Waals surface area contributed by atoms with Crippen LogP contribution in [0.1, 0.15) is 58.8 Å². The third kappa shape index (κ3) is 14.4. The lowest BCUT2D eigenvalue weighted by molar-refractivity contribution is -0.161. The standard InChI is InChI=1S/C14H27O8P/c1-3-5-7-9-14(16)22-12(11-21-23(17,18)19)10-20-13(15)8-6-4-2/h12H,3-11H2,1-2H3,(H2,17,18,19)/t12-/m0/s1. The Morgan fingerprint density at radius 2 is 1.57 bits per heavy atom. The van der Waals surface area contributed by atoms with Gasteiger partial charge >= 0.3 is 19.8 Å². The summed E-state index contributed by atoms with van der Waals surface area (Å²) >= 11 is 0. The molecule has 23 heavy (non-hydrogen) atoms. The van der Waals surface area contributed by atoms with Crippen LogP contribution in [0.2, 0.25) is 0 Å². The van der Waals surface area contributed by atoms with Gasteiger partial charge < -0.3 is 19.3 Å². The van der Waals surface area contributed by atoms with E-state index in [1.54, 1.807) is 0 Å². The fourth-order valence-corrected chi connectivity index (χ4v) is 2.00. The second-order valence-corrected chi connectivity index (χ2v) is 6.38. The van der Waals surface area contributed by atoms with Crippen LogP contribution in [0.5, 0.6) is 0 Å². The molecule has 1 atom stereocenters. The molecule has 0 aromatic heterocycles. The molecular weight excluding hydrogens is 327 g/mol. The molecule has 0 radical (unpaired) electrons. The van der Waals surface area contributed by atoms with E-state index in [-0.39, 0.29) is 19.4 Å². The van der Waals surface area contributed by atoms with E-state index in [2.05, 4.69) is 4.52 Å². The van der Waals surface area contributed by atoms with Gasteiger partial charge in [-0.15, -0.1) is 0 Å². The van der Waals surface area contributed by atoms with Crippen LogP contribution in [0.25, 0.3) is 0 Å². The Morgan fingerprint density at radius 1 is 0.957 bits per heavy atom. The molecule has 0 unspecified atom stereocenters. The zero-order valence-corrected chi connectivity index (χ0v) is 14.6. The SMILES string of the molecule is CCCCCC(=O)O[C@@H](COC(=O)CCCC)COP(=O)(O)O. The summed E-state index contributed by atoms with van der Waals surface area (Å²) in [5.74, 6) is -0.961.